The summed E-state index contributed by atoms with van der Waals surface area (Å²) in [5.74, 6) is 0.592. The molecule has 0 spiro atoms. The van der Waals surface area contributed by atoms with Crippen LogP contribution < -0.4 is 10.6 Å². The van der Waals surface area contributed by atoms with Gasteiger partial charge in [0, 0.05) is 17.8 Å². The molecule has 0 aliphatic heterocycles. The quantitative estimate of drug-likeness (QED) is 0.792. The number of hydrogen-bond donors (Lipinski definition) is 3. The Kier molecular flexibility index (Phi) is 5.16. The van der Waals surface area contributed by atoms with Crippen LogP contribution >= 0.6 is 0 Å². The van der Waals surface area contributed by atoms with Gasteiger partial charge in [0.15, 0.2) is 0 Å². The Labute approximate surface area is 129 Å². The third-order valence-electron chi connectivity index (χ3n) is 3.41. The van der Waals surface area contributed by atoms with Gasteiger partial charge in [0.05, 0.1) is 12.3 Å². The van der Waals surface area contributed by atoms with E-state index in [-0.39, 0.29) is 18.5 Å². The number of oxazole rings is 1. The molecule has 1 heterocycles. The maximum Gasteiger partial charge on any atom is 0.319 e. The second kappa shape index (κ2) is 7.09. The number of aliphatic hydroxyl groups is 1. The monoisotopic (exact) mass is 303 g/mol. The normalized spacial score (nSPS) is 12.2. The third-order valence-corrected chi connectivity index (χ3v) is 3.41. The molecule has 0 aliphatic rings. The number of benzene rings is 1. The summed E-state index contributed by atoms with van der Waals surface area (Å²) in [5, 5.41) is 15.1. The van der Waals surface area contributed by atoms with Gasteiger partial charge in [-0.1, -0.05) is 19.9 Å². The highest BCUT2D eigenvalue weighted by Crippen LogP contribution is 2.24. The first-order chi connectivity index (χ1) is 10.5. The molecule has 0 saturated carbocycles. The Bertz CT molecular complexity index is 624. The molecule has 2 aromatic rings. The summed E-state index contributed by atoms with van der Waals surface area (Å²) in [7, 11) is 0. The molecule has 6 heteroatoms. The van der Waals surface area contributed by atoms with Gasteiger partial charge in [-0.05, 0) is 30.5 Å². The highest BCUT2D eigenvalue weighted by atomic mass is 16.3. The maximum absolute atomic E-state index is 11.9. The van der Waals surface area contributed by atoms with Gasteiger partial charge in [-0.3, -0.25) is 0 Å². The average Bonchev–Trinajstić information content (AvgIpc) is 3.01. The molecule has 2 rings (SSSR count). The van der Waals surface area contributed by atoms with E-state index in [0.717, 1.165) is 11.1 Å². The molecule has 6 nitrogen and oxygen atoms in total. The van der Waals surface area contributed by atoms with Crippen molar-refractivity contribution in [1.82, 2.24) is 10.3 Å². The number of aliphatic hydroxyl groups excluding tert-OH is 1. The van der Waals surface area contributed by atoms with Gasteiger partial charge in [0.2, 0.25) is 5.89 Å². The molecule has 1 unspecified atom stereocenters. The number of nitrogens with zero attached hydrogens (tertiary/aromatic N) is 1. The molecule has 1 aromatic heterocycles. The first-order valence-corrected chi connectivity index (χ1v) is 7.21. The summed E-state index contributed by atoms with van der Waals surface area (Å²) in [6.07, 6.45) is 2.51. The zero-order chi connectivity index (χ0) is 16.1. The van der Waals surface area contributed by atoms with Crippen molar-refractivity contribution in [3.05, 3.63) is 36.2 Å². The van der Waals surface area contributed by atoms with Crippen molar-refractivity contribution in [2.75, 3.05) is 11.9 Å². The SMILES string of the molecule is Cc1ccc(-c2ncco2)cc1NC(=O)NCC(O)C(C)C. The van der Waals surface area contributed by atoms with Gasteiger partial charge in [-0.2, -0.15) is 0 Å². The van der Waals surface area contributed by atoms with Crippen molar-refractivity contribution in [3.8, 4) is 11.5 Å². The lowest BCUT2D eigenvalue weighted by Crippen LogP contribution is -2.37. The molecular formula is C16H21N3O3. The van der Waals surface area contributed by atoms with Crippen molar-refractivity contribution in [2.24, 2.45) is 5.92 Å². The van der Waals surface area contributed by atoms with Crippen LogP contribution in [0.15, 0.2) is 35.1 Å². The van der Waals surface area contributed by atoms with E-state index in [1.54, 1.807) is 12.3 Å². The number of urea groups is 1. The summed E-state index contributed by atoms with van der Waals surface area (Å²) in [4.78, 5) is 16.0. The first-order valence-electron chi connectivity index (χ1n) is 7.21. The summed E-state index contributed by atoms with van der Waals surface area (Å²) in [6.45, 7) is 5.91. The van der Waals surface area contributed by atoms with Crippen LogP contribution in [-0.4, -0.2) is 28.8 Å². The van der Waals surface area contributed by atoms with Crippen LogP contribution in [0, 0.1) is 12.8 Å². The van der Waals surface area contributed by atoms with E-state index in [0.29, 0.717) is 11.6 Å². The number of aryl methyl sites for hydroxylation is 1. The Morgan fingerprint density at radius 1 is 1.41 bits per heavy atom. The molecule has 0 aliphatic carbocycles. The van der Waals surface area contributed by atoms with Gasteiger partial charge >= 0.3 is 6.03 Å². The number of aromatic nitrogens is 1. The van der Waals surface area contributed by atoms with Crippen molar-refractivity contribution in [2.45, 2.75) is 26.9 Å². The molecule has 0 saturated heterocycles. The molecule has 2 amide bonds. The number of carbonyl (C=O) groups is 1. The van der Waals surface area contributed by atoms with Crippen molar-refractivity contribution in [1.29, 1.82) is 0 Å². The maximum atomic E-state index is 11.9. The van der Waals surface area contributed by atoms with E-state index in [1.165, 1.54) is 6.26 Å². The predicted molar refractivity (Wildman–Crippen MR) is 84.5 cm³/mol. The zero-order valence-electron chi connectivity index (χ0n) is 13.0. The molecule has 118 valence electrons. The Morgan fingerprint density at radius 2 is 2.18 bits per heavy atom. The Balaban J connectivity index is 2.03. The van der Waals surface area contributed by atoms with Crippen LogP contribution in [0.25, 0.3) is 11.5 Å². The number of amides is 2. The molecule has 0 bridgehead atoms. The van der Waals surface area contributed by atoms with Crippen LogP contribution in [-0.2, 0) is 0 Å². The lowest BCUT2D eigenvalue weighted by atomic mass is 10.1. The van der Waals surface area contributed by atoms with E-state index in [4.69, 9.17) is 4.42 Å². The fourth-order valence-electron chi connectivity index (χ4n) is 1.86. The zero-order valence-corrected chi connectivity index (χ0v) is 13.0. The van der Waals surface area contributed by atoms with Gasteiger partial charge in [0.25, 0.3) is 0 Å². The number of carbonyl (C=O) groups excluding carboxylic acids is 1. The number of nitrogens with one attached hydrogen (secondary N) is 2. The van der Waals surface area contributed by atoms with Crippen LogP contribution in [0.2, 0.25) is 0 Å². The topological polar surface area (TPSA) is 87.4 Å². The fraction of sp³-hybridized carbons (Fsp3) is 0.375. The minimum absolute atomic E-state index is 0.0930. The second-order valence-corrected chi connectivity index (χ2v) is 5.51. The van der Waals surface area contributed by atoms with E-state index in [2.05, 4.69) is 15.6 Å². The fourth-order valence-corrected chi connectivity index (χ4v) is 1.86. The Morgan fingerprint density at radius 3 is 2.82 bits per heavy atom. The standard InChI is InChI=1S/C16H21N3O3/c1-10(2)14(20)9-18-16(21)19-13-8-12(5-4-11(13)3)15-17-6-7-22-15/h4-8,10,14,20H,9H2,1-3H3,(H2,18,19,21). The summed E-state index contributed by atoms with van der Waals surface area (Å²) in [5.41, 5.74) is 2.38. The number of hydrogen-bond acceptors (Lipinski definition) is 4. The van der Waals surface area contributed by atoms with E-state index < -0.39 is 6.10 Å². The third kappa shape index (κ3) is 4.08. The summed E-state index contributed by atoms with van der Waals surface area (Å²) >= 11 is 0. The predicted octanol–water partition coefficient (Wildman–Crippen LogP) is 2.79. The summed E-state index contributed by atoms with van der Waals surface area (Å²) in [6, 6.07) is 5.22. The van der Waals surface area contributed by atoms with Gasteiger partial charge in [-0.25, -0.2) is 9.78 Å². The number of rotatable bonds is 5. The molecule has 3 N–H and O–H groups in total. The molecular weight excluding hydrogens is 282 g/mol. The summed E-state index contributed by atoms with van der Waals surface area (Å²) < 4.78 is 5.25. The van der Waals surface area contributed by atoms with E-state index in [1.807, 2.05) is 32.9 Å². The largest absolute Gasteiger partial charge is 0.445 e. The molecule has 1 aromatic carbocycles. The van der Waals surface area contributed by atoms with Crippen LogP contribution in [0.5, 0.6) is 0 Å². The molecule has 0 fully saturated rings. The lowest BCUT2D eigenvalue weighted by Gasteiger charge is -2.16. The number of anilines is 1. The van der Waals surface area contributed by atoms with Crippen LogP contribution in [0.4, 0.5) is 10.5 Å². The van der Waals surface area contributed by atoms with Crippen molar-refractivity contribution in [3.63, 3.8) is 0 Å². The van der Waals surface area contributed by atoms with E-state index >= 15 is 0 Å². The molecule has 22 heavy (non-hydrogen) atoms. The lowest BCUT2D eigenvalue weighted by molar-refractivity contribution is 0.126. The van der Waals surface area contributed by atoms with Gasteiger partial charge in [-0.15, -0.1) is 0 Å². The minimum Gasteiger partial charge on any atom is -0.445 e. The minimum atomic E-state index is -0.564. The smallest absolute Gasteiger partial charge is 0.319 e. The molecule has 0 radical (unpaired) electrons. The first kappa shape index (κ1) is 16.0. The van der Waals surface area contributed by atoms with Crippen molar-refractivity contribution >= 4 is 11.7 Å². The molecule has 1 atom stereocenters. The van der Waals surface area contributed by atoms with E-state index in [9.17, 15) is 9.90 Å². The highest BCUT2D eigenvalue weighted by molar-refractivity contribution is 5.90. The van der Waals surface area contributed by atoms with Crippen LogP contribution in [0.1, 0.15) is 19.4 Å². The van der Waals surface area contributed by atoms with Gasteiger partial charge < -0.3 is 20.2 Å². The highest BCUT2D eigenvalue weighted by Gasteiger charge is 2.12. The average molecular weight is 303 g/mol. The van der Waals surface area contributed by atoms with Crippen molar-refractivity contribution < 1.29 is 14.3 Å². The Hall–Kier alpha value is -2.34. The van der Waals surface area contributed by atoms with Crippen LogP contribution in [0.3, 0.4) is 0 Å². The van der Waals surface area contributed by atoms with Gasteiger partial charge in [0.1, 0.15) is 6.26 Å². The second-order valence-electron chi connectivity index (χ2n) is 5.51.